The van der Waals surface area contributed by atoms with Crippen LogP contribution < -0.4 is 5.32 Å². The van der Waals surface area contributed by atoms with Crippen LogP contribution in [0.1, 0.15) is 26.2 Å². The summed E-state index contributed by atoms with van der Waals surface area (Å²) in [6, 6.07) is -0.630. The average molecular weight is 265 g/mol. The third-order valence-electron chi connectivity index (χ3n) is 3.22. The molecule has 1 aliphatic carbocycles. The van der Waals surface area contributed by atoms with E-state index in [1.807, 2.05) is 0 Å². The molecular weight excluding hydrogens is 244 g/mol. The number of nitrogens with one attached hydrogen (secondary N) is 1. The Bertz CT molecular complexity index is 269. The van der Waals surface area contributed by atoms with E-state index >= 15 is 0 Å². The molecule has 0 saturated heterocycles. The second kappa shape index (κ2) is 7.50. The molecule has 0 spiro atoms. The second-order valence-corrected chi connectivity index (χ2v) is 4.53. The van der Waals surface area contributed by atoms with Gasteiger partial charge in [-0.1, -0.05) is 6.42 Å². The van der Waals surface area contributed by atoms with E-state index in [1.165, 1.54) is 24.2 Å². The first kappa shape index (κ1) is 16.2. The number of amides is 1. The number of carbonyl (C=O) groups is 2. The Morgan fingerprint density at radius 3 is 2.47 bits per heavy atom. The van der Waals surface area contributed by atoms with Gasteiger partial charge in [0.05, 0.1) is 6.54 Å². The molecule has 1 amide bonds. The molecule has 0 bridgehead atoms. The fourth-order valence-corrected chi connectivity index (χ4v) is 1.56. The van der Waals surface area contributed by atoms with Gasteiger partial charge in [0.15, 0.2) is 0 Å². The molecular formula is C11H21ClN2O3. The Hall–Kier alpha value is -0.810. The maximum Gasteiger partial charge on any atom is 0.320 e. The van der Waals surface area contributed by atoms with Crippen LogP contribution in [0.25, 0.3) is 0 Å². The zero-order valence-corrected chi connectivity index (χ0v) is 11.1. The van der Waals surface area contributed by atoms with Crippen LogP contribution in [0.5, 0.6) is 0 Å². The van der Waals surface area contributed by atoms with Crippen LogP contribution in [0.4, 0.5) is 0 Å². The number of nitrogens with zero attached hydrogens (tertiary/aromatic N) is 1. The molecule has 2 N–H and O–H groups in total. The summed E-state index contributed by atoms with van der Waals surface area (Å²) in [5.74, 6) is -0.372. The minimum atomic E-state index is -0.908. The van der Waals surface area contributed by atoms with Gasteiger partial charge in [0.2, 0.25) is 5.91 Å². The van der Waals surface area contributed by atoms with Crippen molar-refractivity contribution in [3.63, 3.8) is 0 Å². The molecule has 1 rings (SSSR count). The lowest BCUT2D eigenvalue weighted by Crippen LogP contribution is -2.44. The van der Waals surface area contributed by atoms with Crippen LogP contribution in [-0.2, 0) is 9.59 Å². The van der Waals surface area contributed by atoms with E-state index in [1.54, 1.807) is 14.0 Å². The molecule has 1 fully saturated rings. The number of carboxylic acid groups (broad SMARTS) is 1. The predicted octanol–water partition coefficient (Wildman–Crippen LogP) is 0.729. The summed E-state index contributed by atoms with van der Waals surface area (Å²) >= 11 is 0. The monoisotopic (exact) mass is 264 g/mol. The van der Waals surface area contributed by atoms with Gasteiger partial charge in [-0.3, -0.25) is 14.5 Å². The molecule has 6 heteroatoms. The highest BCUT2D eigenvalue weighted by atomic mass is 35.5. The summed E-state index contributed by atoms with van der Waals surface area (Å²) in [5.41, 5.74) is 0. The van der Waals surface area contributed by atoms with E-state index in [9.17, 15) is 9.59 Å². The van der Waals surface area contributed by atoms with Gasteiger partial charge in [0.25, 0.3) is 0 Å². The lowest BCUT2D eigenvalue weighted by atomic mass is 9.85. The van der Waals surface area contributed by atoms with E-state index in [0.29, 0.717) is 5.92 Å². The van der Waals surface area contributed by atoms with Crippen molar-refractivity contribution in [3.05, 3.63) is 0 Å². The lowest BCUT2D eigenvalue weighted by Gasteiger charge is -2.26. The summed E-state index contributed by atoms with van der Waals surface area (Å²) in [5, 5.41) is 11.6. The molecule has 0 aromatic heterocycles. The van der Waals surface area contributed by atoms with Crippen molar-refractivity contribution in [2.24, 2.45) is 5.92 Å². The molecule has 0 aliphatic heterocycles. The number of likely N-dealkylation sites (N-methyl/N-ethyl adjacent to an activating group) is 1. The average Bonchev–Trinajstić information content (AvgIpc) is 2.13. The number of carbonyl (C=O) groups excluding carboxylic acids is 1. The molecule has 0 radical (unpaired) electrons. The zero-order valence-electron chi connectivity index (χ0n) is 10.3. The Balaban J connectivity index is 0.00000256. The van der Waals surface area contributed by atoms with Gasteiger partial charge in [-0.25, -0.2) is 0 Å². The molecule has 0 heterocycles. The largest absolute Gasteiger partial charge is 0.480 e. The highest BCUT2D eigenvalue weighted by molar-refractivity contribution is 5.85. The zero-order chi connectivity index (χ0) is 12.1. The fourth-order valence-electron chi connectivity index (χ4n) is 1.56. The summed E-state index contributed by atoms with van der Waals surface area (Å²) < 4.78 is 0. The fraction of sp³-hybridized carbons (Fsp3) is 0.818. The van der Waals surface area contributed by atoms with Gasteiger partial charge in [-0.15, -0.1) is 12.4 Å². The van der Waals surface area contributed by atoms with Crippen molar-refractivity contribution in [2.45, 2.75) is 32.2 Å². The molecule has 0 aromatic rings. The number of carboxylic acids is 1. The number of halogens is 1. The van der Waals surface area contributed by atoms with Crippen molar-refractivity contribution in [1.29, 1.82) is 0 Å². The number of hydrogen-bond donors (Lipinski definition) is 2. The van der Waals surface area contributed by atoms with Gasteiger partial charge in [0.1, 0.15) is 6.04 Å². The Morgan fingerprint density at radius 1 is 1.47 bits per heavy atom. The Labute approximate surface area is 108 Å². The van der Waals surface area contributed by atoms with Crippen LogP contribution in [0, 0.1) is 5.92 Å². The van der Waals surface area contributed by atoms with Crippen molar-refractivity contribution < 1.29 is 14.7 Å². The molecule has 17 heavy (non-hydrogen) atoms. The first-order valence-corrected chi connectivity index (χ1v) is 5.70. The highest BCUT2D eigenvalue weighted by Crippen LogP contribution is 2.24. The minimum Gasteiger partial charge on any atom is -0.480 e. The predicted molar refractivity (Wildman–Crippen MR) is 67.3 cm³/mol. The first-order chi connectivity index (χ1) is 7.50. The first-order valence-electron chi connectivity index (χ1n) is 5.70. The normalized spacial score (nSPS) is 16.9. The van der Waals surface area contributed by atoms with E-state index in [0.717, 1.165) is 6.54 Å². The molecule has 1 aliphatic rings. The van der Waals surface area contributed by atoms with Gasteiger partial charge in [-0.2, -0.15) is 0 Å². The van der Waals surface area contributed by atoms with Crippen molar-refractivity contribution in [1.82, 2.24) is 10.2 Å². The highest BCUT2D eigenvalue weighted by Gasteiger charge is 2.21. The van der Waals surface area contributed by atoms with E-state index in [-0.39, 0.29) is 24.9 Å². The molecule has 0 aromatic carbocycles. The van der Waals surface area contributed by atoms with Gasteiger partial charge in [-0.05, 0) is 32.7 Å². The number of hydrogen-bond acceptors (Lipinski definition) is 3. The minimum absolute atomic E-state index is 0. The molecule has 1 unspecified atom stereocenters. The number of rotatable bonds is 6. The van der Waals surface area contributed by atoms with Crippen molar-refractivity contribution in [3.8, 4) is 0 Å². The second-order valence-electron chi connectivity index (χ2n) is 4.53. The topological polar surface area (TPSA) is 69.6 Å². The van der Waals surface area contributed by atoms with E-state index in [4.69, 9.17) is 5.11 Å². The van der Waals surface area contributed by atoms with Crippen LogP contribution in [0.3, 0.4) is 0 Å². The quantitative estimate of drug-likeness (QED) is 0.742. The summed E-state index contributed by atoms with van der Waals surface area (Å²) in [4.78, 5) is 23.7. The van der Waals surface area contributed by atoms with Crippen molar-refractivity contribution >= 4 is 24.3 Å². The van der Waals surface area contributed by atoms with E-state index < -0.39 is 12.0 Å². The summed E-state index contributed by atoms with van der Waals surface area (Å²) in [7, 11) is 1.64. The number of aliphatic carboxylic acids is 1. The molecule has 1 saturated carbocycles. The maximum atomic E-state index is 11.5. The Morgan fingerprint density at radius 2 is 2.06 bits per heavy atom. The molecule has 100 valence electrons. The molecule has 1 atom stereocenters. The Kier molecular flexibility index (Phi) is 7.15. The standard InChI is InChI=1S/C11H20N2O3.ClH/c1-8(11(15)16)13(2)7-10(14)12-6-9-4-3-5-9;/h8-9H,3-7H2,1-2H3,(H,12,14)(H,15,16);1H. The summed E-state index contributed by atoms with van der Waals surface area (Å²) in [6.45, 7) is 2.44. The van der Waals surface area contributed by atoms with Gasteiger partial charge < -0.3 is 10.4 Å². The van der Waals surface area contributed by atoms with Gasteiger partial charge >= 0.3 is 5.97 Å². The van der Waals surface area contributed by atoms with E-state index in [2.05, 4.69) is 5.32 Å². The lowest BCUT2D eigenvalue weighted by molar-refractivity contribution is -0.142. The van der Waals surface area contributed by atoms with Crippen molar-refractivity contribution in [2.75, 3.05) is 20.1 Å². The van der Waals surface area contributed by atoms with Crippen LogP contribution >= 0.6 is 12.4 Å². The van der Waals surface area contributed by atoms with Gasteiger partial charge in [0, 0.05) is 6.54 Å². The SMILES string of the molecule is CC(C(=O)O)N(C)CC(=O)NCC1CCC1.Cl. The van der Waals surface area contributed by atoms with Crippen LogP contribution in [0.15, 0.2) is 0 Å². The molecule has 5 nitrogen and oxygen atoms in total. The van der Waals surface area contributed by atoms with Crippen LogP contribution in [0.2, 0.25) is 0 Å². The van der Waals surface area contributed by atoms with Crippen LogP contribution in [-0.4, -0.2) is 48.1 Å². The summed E-state index contributed by atoms with van der Waals surface area (Å²) in [6.07, 6.45) is 3.65. The third-order valence-corrected chi connectivity index (χ3v) is 3.22. The smallest absolute Gasteiger partial charge is 0.320 e. The third kappa shape index (κ3) is 5.37. The maximum absolute atomic E-state index is 11.5.